The van der Waals surface area contributed by atoms with E-state index in [0.29, 0.717) is 46.0 Å². The maximum atomic E-state index is 13.7. The molecule has 5 aromatic rings. The van der Waals surface area contributed by atoms with Crippen molar-refractivity contribution in [2.24, 2.45) is 0 Å². The van der Waals surface area contributed by atoms with Crippen LogP contribution in [-0.2, 0) is 13.2 Å². The Hall–Kier alpha value is -4.78. The molecule has 0 saturated carbocycles. The number of furan rings is 1. The second kappa shape index (κ2) is 9.35. The molecule has 0 N–H and O–H groups in total. The largest absolute Gasteiger partial charge is 0.493 e. The lowest BCUT2D eigenvalue weighted by Gasteiger charge is -2.25. The Labute approximate surface area is 212 Å². The van der Waals surface area contributed by atoms with Gasteiger partial charge in [-0.15, -0.1) is 0 Å². The summed E-state index contributed by atoms with van der Waals surface area (Å²) < 4.78 is 23.2. The molecule has 37 heavy (non-hydrogen) atoms. The van der Waals surface area contributed by atoms with E-state index in [9.17, 15) is 9.59 Å². The van der Waals surface area contributed by atoms with Crippen molar-refractivity contribution in [2.45, 2.75) is 19.2 Å². The van der Waals surface area contributed by atoms with Crippen molar-refractivity contribution in [3.8, 4) is 11.5 Å². The minimum absolute atomic E-state index is 0.0450. The molecule has 0 spiro atoms. The van der Waals surface area contributed by atoms with Gasteiger partial charge in [0.05, 0.1) is 36.9 Å². The van der Waals surface area contributed by atoms with Crippen LogP contribution in [0.3, 0.4) is 0 Å². The van der Waals surface area contributed by atoms with Crippen molar-refractivity contribution < 1.29 is 23.1 Å². The van der Waals surface area contributed by atoms with Crippen LogP contribution in [0.1, 0.15) is 39.0 Å². The van der Waals surface area contributed by atoms with Gasteiger partial charge in [0, 0.05) is 0 Å². The molecule has 184 valence electrons. The topological polar surface area (TPSA) is 82.1 Å². The van der Waals surface area contributed by atoms with Crippen LogP contribution in [0, 0.1) is 0 Å². The van der Waals surface area contributed by atoms with Crippen molar-refractivity contribution in [3.63, 3.8) is 0 Å². The van der Waals surface area contributed by atoms with Gasteiger partial charge in [-0.1, -0.05) is 48.5 Å². The summed E-state index contributed by atoms with van der Waals surface area (Å²) in [6.07, 6.45) is 1.55. The van der Waals surface area contributed by atoms with E-state index in [-0.39, 0.29) is 23.6 Å². The first kappa shape index (κ1) is 22.7. The second-order valence-electron chi connectivity index (χ2n) is 8.77. The highest BCUT2D eigenvalue weighted by Crippen LogP contribution is 2.41. The molecular formula is C30H23NO6. The molecule has 1 aliphatic rings. The van der Waals surface area contributed by atoms with Crippen LogP contribution in [0.4, 0.5) is 0 Å². The number of nitrogens with zero attached hydrogens (tertiary/aromatic N) is 1. The lowest BCUT2D eigenvalue weighted by atomic mass is 9.98. The van der Waals surface area contributed by atoms with E-state index in [1.54, 1.807) is 66.8 Å². The quantitative estimate of drug-likeness (QED) is 0.288. The predicted octanol–water partition coefficient (Wildman–Crippen LogP) is 5.72. The Morgan fingerprint density at radius 3 is 2.49 bits per heavy atom. The predicted molar refractivity (Wildman–Crippen MR) is 137 cm³/mol. The Morgan fingerprint density at radius 2 is 1.70 bits per heavy atom. The Morgan fingerprint density at radius 1 is 0.892 bits per heavy atom. The number of carbonyl (C=O) groups excluding carboxylic acids is 1. The number of carbonyl (C=O) groups is 1. The van der Waals surface area contributed by atoms with Gasteiger partial charge in [-0.25, -0.2) is 0 Å². The summed E-state index contributed by atoms with van der Waals surface area (Å²) in [6.45, 7) is 0.548. The van der Waals surface area contributed by atoms with E-state index in [1.807, 2.05) is 36.4 Å². The zero-order chi connectivity index (χ0) is 25.4. The standard InChI is InChI=1S/C30H23NO6/c1-34-25-16-20(13-14-24(25)36-18-19-8-3-2-4-9-19)27-26-28(32)22-11-5-6-12-23(22)37-29(26)30(33)31(27)17-21-10-7-15-35-21/h2-16,27H,17-18H2,1H3/t27-/m1/s1. The van der Waals surface area contributed by atoms with E-state index in [1.165, 1.54) is 0 Å². The molecule has 0 radical (unpaired) electrons. The minimum atomic E-state index is -0.689. The Balaban J connectivity index is 1.44. The lowest BCUT2D eigenvalue weighted by molar-refractivity contribution is 0.0701. The molecule has 0 saturated heterocycles. The molecule has 7 heteroatoms. The molecule has 1 atom stereocenters. The number of ether oxygens (including phenoxy) is 2. The second-order valence-corrected chi connectivity index (χ2v) is 8.77. The molecule has 3 heterocycles. The van der Waals surface area contributed by atoms with Gasteiger partial charge in [0.1, 0.15) is 18.0 Å². The number of amides is 1. The van der Waals surface area contributed by atoms with Gasteiger partial charge in [0.15, 0.2) is 16.9 Å². The highest BCUT2D eigenvalue weighted by Gasteiger charge is 2.43. The molecule has 7 nitrogen and oxygen atoms in total. The summed E-state index contributed by atoms with van der Waals surface area (Å²) >= 11 is 0. The number of methoxy groups -OCH3 is 1. The molecule has 0 bridgehead atoms. The van der Waals surface area contributed by atoms with E-state index in [0.717, 1.165) is 5.56 Å². The summed E-state index contributed by atoms with van der Waals surface area (Å²) in [5, 5.41) is 0.425. The Bertz CT molecular complexity index is 1640. The first-order valence-electron chi connectivity index (χ1n) is 11.9. The number of hydrogen-bond donors (Lipinski definition) is 0. The molecule has 6 rings (SSSR count). The van der Waals surface area contributed by atoms with Crippen molar-refractivity contribution in [1.82, 2.24) is 4.90 Å². The molecule has 0 aliphatic carbocycles. The van der Waals surface area contributed by atoms with Crippen molar-refractivity contribution in [3.05, 3.63) is 130 Å². The summed E-state index contributed by atoms with van der Waals surface area (Å²) in [7, 11) is 1.56. The monoisotopic (exact) mass is 493 g/mol. The van der Waals surface area contributed by atoms with Gasteiger partial charge < -0.3 is 23.2 Å². The third-order valence-electron chi connectivity index (χ3n) is 6.52. The average molecular weight is 494 g/mol. The fourth-order valence-corrected chi connectivity index (χ4v) is 4.76. The number of para-hydroxylation sites is 1. The number of benzene rings is 3. The smallest absolute Gasteiger partial charge is 0.291 e. The maximum Gasteiger partial charge on any atom is 0.291 e. The Kier molecular flexibility index (Phi) is 5.73. The van der Waals surface area contributed by atoms with E-state index >= 15 is 0 Å². The zero-order valence-electron chi connectivity index (χ0n) is 20.0. The molecule has 3 aromatic carbocycles. The number of hydrogen-bond acceptors (Lipinski definition) is 6. The summed E-state index contributed by atoms with van der Waals surface area (Å²) in [6, 6.07) is 25.1. The summed E-state index contributed by atoms with van der Waals surface area (Å²) in [5.41, 5.74) is 2.17. The summed E-state index contributed by atoms with van der Waals surface area (Å²) in [4.78, 5) is 28.8. The van der Waals surface area contributed by atoms with Gasteiger partial charge in [0.2, 0.25) is 5.76 Å². The van der Waals surface area contributed by atoms with Crippen molar-refractivity contribution in [1.29, 1.82) is 0 Å². The highest BCUT2D eigenvalue weighted by atomic mass is 16.5. The van der Waals surface area contributed by atoms with Crippen LogP contribution in [0.15, 0.2) is 105 Å². The third-order valence-corrected chi connectivity index (χ3v) is 6.52. The van der Waals surface area contributed by atoms with E-state index in [2.05, 4.69) is 0 Å². The molecular weight excluding hydrogens is 470 g/mol. The van der Waals surface area contributed by atoms with Gasteiger partial charge in [-0.05, 0) is 47.5 Å². The van der Waals surface area contributed by atoms with Crippen LogP contribution in [0.25, 0.3) is 11.0 Å². The average Bonchev–Trinajstić information content (AvgIpc) is 3.55. The lowest BCUT2D eigenvalue weighted by Crippen LogP contribution is -2.29. The van der Waals surface area contributed by atoms with Crippen molar-refractivity contribution >= 4 is 16.9 Å². The first-order chi connectivity index (χ1) is 18.1. The molecule has 0 unspecified atom stereocenters. The van der Waals surface area contributed by atoms with Crippen LogP contribution < -0.4 is 14.9 Å². The number of fused-ring (bicyclic) bond motifs is 2. The van der Waals surface area contributed by atoms with Crippen LogP contribution >= 0.6 is 0 Å². The maximum absolute atomic E-state index is 13.7. The van der Waals surface area contributed by atoms with Crippen LogP contribution in [0.2, 0.25) is 0 Å². The van der Waals surface area contributed by atoms with Gasteiger partial charge in [-0.2, -0.15) is 0 Å². The minimum Gasteiger partial charge on any atom is -0.493 e. The molecule has 0 fully saturated rings. The molecule has 1 aliphatic heterocycles. The van der Waals surface area contributed by atoms with Crippen LogP contribution in [0.5, 0.6) is 11.5 Å². The van der Waals surface area contributed by atoms with Gasteiger partial charge in [0.25, 0.3) is 5.91 Å². The highest BCUT2D eigenvalue weighted by molar-refractivity contribution is 5.99. The fraction of sp³-hybridized carbons (Fsp3) is 0.133. The van der Waals surface area contributed by atoms with Crippen molar-refractivity contribution in [2.75, 3.05) is 7.11 Å². The zero-order valence-corrected chi connectivity index (χ0v) is 20.0. The first-order valence-corrected chi connectivity index (χ1v) is 11.9. The van der Waals surface area contributed by atoms with Gasteiger partial charge in [-0.3, -0.25) is 9.59 Å². The summed E-state index contributed by atoms with van der Waals surface area (Å²) in [5.74, 6) is 1.32. The fourth-order valence-electron chi connectivity index (χ4n) is 4.76. The third kappa shape index (κ3) is 4.04. The van der Waals surface area contributed by atoms with E-state index < -0.39 is 6.04 Å². The SMILES string of the molecule is COc1cc([C@@H]2c3c(oc4ccccc4c3=O)C(=O)N2Cc2ccco2)ccc1OCc1ccccc1. The van der Waals surface area contributed by atoms with Gasteiger partial charge >= 0.3 is 0 Å². The van der Waals surface area contributed by atoms with E-state index in [4.69, 9.17) is 18.3 Å². The van der Waals surface area contributed by atoms with Crippen LogP contribution in [-0.4, -0.2) is 17.9 Å². The molecule has 1 amide bonds. The number of rotatable bonds is 7. The normalized spacial score (nSPS) is 14.7. The molecule has 2 aromatic heterocycles.